The first-order chi connectivity index (χ1) is 8.63. The smallest absolute Gasteiger partial charge is 0.128 e. The zero-order valence-corrected chi connectivity index (χ0v) is 11.4. The molecule has 0 amide bonds. The molecule has 18 heavy (non-hydrogen) atoms. The maximum absolute atomic E-state index is 4.40. The summed E-state index contributed by atoms with van der Waals surface area (Å²) in [6.45, 7) is 7.97. The number of aromatic nitrogens is 2. The number of nitrogens with one attached hydrogen (secondary N) is 1. The third-order valence-electron chi connectivity index (χ3n) is 3.60. The highest BCUT2D eigenvalue weighted by molar-refractivity contribution is 5.02. The van der Waals surface area contributed by atoms with Crippen LogP contribution in [0, 0.1) is 12.8 Å². The highest BCUT2D eigenvalue weighted by Crippen LogP contribution is 2.26. The molecule has 1 heterocycles. The van der Waals surface area contributed by atoms with Gasteiger partial charge in [-0.25, -0.2) is 9.97 Å². The second kappa shape index (κ2) is 5.98. The largest absolute Gasteiger partial charge is 0.386 e. The van der Waals surface area contributed by atoms with E-state index in [2.05, 4.69) is 21.9 Å². The summed E-state index contributed by atoms with van der Waals surface area (Å²) >= 11 is 0. The Labute approximate surface area is 110 Å². The Morgan fingerprint density at radius 1 is 1.28 bits per heavy atom. The van der Waals surface area contributed by atoms with Gasteiger partial charge in [0.15, 0.2) is 0 Å². The summed E-state index contributed by atoms with van der Waals surface area (Å²) in [4.78, 5) is 8.80. The molecule has 1 fully saturated rings. The number of rotatable bonds is 4. The van der Waals surface area contributed by atoms with Gasteiger partial charge in [-0.3, -0.25) is 0 Å². The van der Waals surface area contributed by atoms with Gasteiger partial charge in [-0.05, 0) is 51.0 Å². The second-order valence-electron chi connectivity index (χ2n) is 5.52. The Balaban J connectivity index is 1.79. The molecule has 0 saturated heterocycles. The summed E-state index contributed by atoms with van der Waals surface area (Å²) in [5.41, 5.74) is 2.22. The molecule has 1 aromatic rings. The first kappa shape index (κ1) is 13.1. The van der Waals surface area contributed by atoms with E-state index in [1.54, 1.807) is 0 Å². The number of aryl methyl sites for hydroxylation is 1. The molecule has 3 heteroatoms. The monoisotopic (exact) mass is 245 g/mol. The van der Waals surface area contributed by atoms with Gasteiger partial charge in [0, 0.05) is 30.6 Å². The van der Waals surface area contributed by atoms with Crippen LogP contribution >= 0.6 is 0 Å². The van der Waals surface area contributed by atoms with Crippen molar-refractivity contribution in [2.45, 2.75) is 52.0 Å². The molecule has 1 aliphatic rings. The van der Waals surface area contributed by atoms with Crippen molar-refractivity contribution in [3.8, 4) is 0 Å². The van der Waals surface area contributed by atoms with Crippen LogP contribution in [0.3, 0.4) is 0 Å². The van der Waals surface area contributed by atoms with Gasteiger partial charge in [-0.1, -0.05) is 6.58 Å². The van der Waals surface area contributed by atoms with Gasteiger partial charge < -0.3 is 5.32 Å². The first-order valence-corrected chi connectivity index (χ1v) is 6.83. The molecule has 98 valence electrons. The van der Waals surface area contributed by atoms with Crippen molar-refractivity contribution < 1.29 is 0 Å². The average Bonchev–Trinajstić information content (AvgIpc) is 2.34. The van der Waals surface area contributed by atoms with E-state index in [4.69, 9.17) is 0 Å². The average molecular weight is 245 g/mol. The summed E-state index contributed by atoms with van der Waals surface area (Å²) in [6, 6.07) is 0.623. The second-order valence-corrected chi connectivity index (χ2v) is 5.52. The standard InChI is InChI=1S/C15H23N3/c1-11(2)18-14-6-4-13(5-7-14)8-15-16-9-12(3)10-17-15/h9-10,13-14,18H,1,4-8H2,2-3H3. The van der Waals surface area contributed by atoms with Crippen LogP contribution in [0.4, 0.5) is 0 Å². The molecule has 1 aromatic heterocycles. The third-order valence-corrected chi connectivity index (χ3v) is 3.60. The van der Waals surface area contributed by atoms with Gasteiger partial charge in [0.1, 0.15) is 5.82 Å². The molecule has 0 aromatic carbocycles. The SMILES string of the molecule is C=C(C)NC1CCC(Cc2ncc(C)cn2)CC1. The van der Waals surface area contributed by atoms with Crippen molar-refractivity contribution in [3.63, 3.8) is 0 Å². The minimum atomic E-state index is 0.623. The lowest BCUT2D eigenvalue weighted by Crippen LogP contribution is -2.32. The summed E-state index contributed by atoms with van der Waals surface area (Å²) in [5.74, 6) is 1.74. The van der Waals surface area contributed by atoms with E-state index in [0.717, 1.165) is 29.4 Å². The Kier molecular flexibility index (Phi) is 4.34. The van der Waals surface area contributed by atoms with Crippen molar-refractivity contribution in [3.05, 3.63) is 36.1 Å². The molecule has 3 nitrogen and oxygen atoms in total. The van der Waals surface area contributed by atoms with E-state index in [1.807, 2.05) is 26.2 Å². The predicted octanol–water partition coefficient (Wildman–Crippen LogP) is 3.01. The van der Waals surface area contributed by atoms with Gasteiger partial charge in [-0.15, -0.1) is 0 Å². The molecule has 1 aliphatic carbocycles. The molecular formula is C15H23N3. The maximum Gasteiger partial charge on any atom is 0.128 e. The van der Waals surface area contributed by atoms with Gasteiger partial charge in [-0.2, -0.15) is 0 Å². The minimum Gasteiger partial charge on any atom is -0.386 e. The Bertz CT molecular complexity index is 389. The van der Waals surface area contributed by atoms with Gasteiger partial charge in [0.05, 0.1) is 0 Å². The van der Waals surface area contributed by atoms with Crippen LogP contribution in [0.15, 0.2) is 24.7 Å². The van der Waals surface area contributed by atoms with Crippen molar-refractivity contribution in [2.75, 3.05) is 0 Å². The fourth-order valence-corrected chi connectivity index (χ4v) is 2.64. The molecule has 0 aliphatic heterocycles. The number of allylic oxidation sites excluding steroid dienone is 1. The van der Waals surface area contributed by atoms with E-state index < -0.39 is 0 Å². The summed E-state index contributed by atoms with van der Waals surface area (Å²) in [7, 11) is 0. The van der Waals surface area contributed by atoms with Crippen LogP contribution in [0.5, 0.6) is 0 Å². The fraction of sp³-hybridized carbons (Fsp3) is 0.600. The Morgan fingerprint density at radius 3 is 2.44 bits per heavy atom. The van der Waals surface area contributed by atoms with Gasteiger partial charge in [0.2, 0.25) is 0 Å². The highest BCUT2D eigenvalue weighted by atomic mass is 14.9. The van der Waals surface area contributed by atoms with Crippen LogP contribution in [0.1, 0.15) is 44.0 Å². The number of hydrogen-bond donors (Lipinski definition) is 1. The van der Waals surface area contributed by atoms with E-state index in [-0.39, 0.29) is 0 Å². The van der Waals surface area contributed by atoms with Crippen LogP contribution in [-0.2, 0) is 6.42 Å². The molecule has 0 bridgehead atoms. The van der Waals surface area contributed by atoms with Gasteiger partial charge in [0.25, 0.3) is 0 Å². The van der Waals surface area contributed by atoms with Crippen molar-refractivity contribution in [2.24, 2.45) is 5.92 Å². The van der Waals surface area contributed by atoms with E-state index in [1.165, 1.54) is 25.7 Å². The van der Waals surface area contributed by atoms with Crippen LogP contribution in [-0.4, -0.2) is 16.0 Å². The van der Waals surface area contributed by atoms with Crippen molar-refractivity contribution in [1.29, 1.82) is 0 Å². The van der Waals surface area contributed by atoms with E-state index in [0.29, 0.717) is 6.04 Å². The molecule has 0 unspecified atom stereocenters. The summed E-state index contributed by atoms with van der Waals surface area (Å²) < 4.78 is 0. The first-order valence-electron chi connectivity index (χ1n) is 6.83. The lowest BCUT2D eigenvalue weighted by molar-refractivity contribution is 0.299. The minimum absolute atomic E-state index is 0.623. The zero-order chi connectivity index (χ0) is 13.0. The topological polar surface area (TPSA) is 37.8 Å². The Morgan fingerprint density at radius 2 is 1.89 bits per heavy atom. The third kappa shape index (κ3) is 3.83. The van der Waals surface area contributed by atoms with Crippen molar-refractivity contribution >= 4 is 0 Å². The summed E-state index contributed by atoms with van der Waals surface area (Å²) in [6.07, 6.45) is 9.87. The molecular weight excluding hydrogens is 222 g/mol. The predicted molar refractivity (Wildman–Crippen MR) is 74.2 cm³/mol. The number of hydrogen-bond acceptors (Lipinski definition) is 3. The lowest BCUT2D eigenvalue weighted by atomic mass is 9.84. The fourth-order valence-electron chi connectivity index (χ4n) is 2.64. The molecule has 0 spiro atoms. The Hall–Kier alpha value is -1.38. The lowest BCUT2D eigenvalue weighted by Gasteiger charge is -2.29. The molecule has 1 N–H and O–H groups in total. The van der Waals surface area contributed by atoms with E-state index >= 15 is 0 Å². The highest BCUT2D eigenvalue weighted by Gasteiger charge is 2.21. The molecule has 0 atom stereocenters. The molecule has 0 radical (unpaired) electrons. The normalized spacial score (nSPS) is 23.7. The number of nitrogens with zero attached hydrogens (tertiary/aromatic N) is 2. The van der Waals surface area contributed by atoms with Crippen LogP contribution in [0.25, 0.3) is 0 Å². The summed E-state index contributed by atoms with van der Waals surface area (Å²) in [5, 5.41) is 3.45. The van der Waals surface area contributed by atoms with Crippen molar-refractivity contribution in [1.82, 2.24) is 15.3 Å². The van der Waals surface area contributed by atoms with Gasteiger partial charge >= 0.3 is 0 Å². The quantitative estimate of drug-likeness (QED) is 0.886. The van der Waals surface area contributed by atoms with Crippen LogP contribution in [0.2, 0.25) is 0 Å². The van der Waals surface area contributed by atoms with E-state index in [9.17, 15) is 0 Å². The van der Waals surface area contributed by atoms with Crippen LogP contribution < -0.4 is 5.32 Å². The molecule has 2 rings (SSSR count). The molecule has 1 saturated carbocycles. The maximum atomic E-state index is 4.40. The zero-order valence-electron chi connectivity index (χ0n) is 11.4.